The van der Waals surface area contributed by atoms with Gasteiger partial charge in [-0.15, -0.1) is 11.3 Å². The summed E-state index contributed by atoms with van der Waals surface area (Å²) in [5.74, 6) is -3.12. The first-order chi connectivity index (χ1) is 18.7. The van der Waals surface area contributed by atoms with Crippen molar-refractivity contribution < 1.29 is 41.4 Å². The molecule has 3 N–H and O–H groups in total. The third-order valence-electron chi connectivity index (χ3n) is 6.24. The van der Waals surface area contributed by atoms with Crippen molar-refractivity contribution in [3.05, 3.63) is 63.7 Å². The number of carboxylic acid groups (broad SMARTS) is 2. The highest BCUT2D eigenvalue weighted by Crippen LogP contribution is 2.44. The molecule has 0 amide bonds. The Balaban J connectivity index is 0.000000559. The van der Waals surface area contributed by atoms with Crippen LogP contribution < -0.4 is 5.32 Å². The van der Waals surface area contributed by atoms with E-state index in [1.165, 1.54) is 23.5 Å². The molecule has 4 rings (SSSR count). The standard InChI is InChI=1S/C22H21Cl2N3O4S2.C2HF3O2/c23-16-4-2-5-17(19(16)24)33(30,31)15-7-9-22(10-8-15,20(28)29)13-14-3-1-6-18(26-14)27-21-25-11-12-32-21;3-2(4,5)1(6)7/h1-6,11-12,15H,7-10,13H2,(H,28,29)(H,25,26,27);(H,6,7). The number of alkyl halides is 3. The zero-order chi connectivity index (χ0) is 29.7. The Hall–Kier alpha value is -2.94. The second-order valence-electron chi connectivity index (χ2n) is 8.84. The van der Waals surface area contributed by atoms with Crippen molar-refractivity contribution in [2.45, 2.75) is 48.4 Å². The predicted octanol–water partition coefficient (Wildman–Crippen LogP) is 6.25. The van der Waals surface area contributed by atoms with Crippen LogP contribution >= 0.6 is 34.5 Å². The number of aromatic nitrogens is 2. The van der Waals surface area contributed by atoms with Crippen molar-refractivity contribution in [1.82, 2.24) is 9.97 Å². The number of hydrogen-bond donors (Lipinski definition) is 3. The molecular weight excluding hydrogens is 618 g/mol. The summed E-state index contributed by atoms with van der Waals surface area (Å²) in [5.41, 5.74) is -0.463. The minimum absolute atomic E-state index is 0.00276. The van der Waals surface area contributed by atoms with Gasteiger partial charge in [0.2, 0.25) is 0 Å². The molecule has 3 aromatic rings. The van der Waals surface area contributed by atoms with Crippen molar-refractivity contribution in [3.63, 3.8) is 0 Å². The van der Waals surface area contributed by atoms with Gasteiger partial charge in [0.1, 0.15) is 5.82 Å². The van der Waals surface area contributed by atoms with Gasteiger partial charge in [-0.2, -0.15) is 13.2 Å². The van der Waals surface area contributed by atoms with Crippen LogP contribution in [0.15, 0.2) is 52.9 Å². The van der Waals surface area contributed by atoms with E-state index >= 15 is 0 Å². The van der Waals surface area contributed by atoms with Gasteiger partial charge in [0.15, 0.2) is 15.0 Å². The third-order valence-corrected chi connectivity index (χ3v) is 10.2. The van der Waals surface area contributed by atoms with Gasteiger partial charge in [0, 0.05) is 23.7 Å². The zero-order valence-corrected chi connectivity index (χ0v) is 23.5. The number of halogens is 5. The molecule has 1 aromatic carbocycles. The molecule has 1 fully saturated rings. The van der Waals surface area contributed by atoms with Crippen LogP contribution in [0.1, 0.15) is 31.4 Å². The summed E-state index contributed by atoms with van der Waals surface area (Å²) in [7, 11) is -3.74. The van der Waals surface area contributed by atoms with Crippen LogP contribution in [0, 0.1) is 5.41 Å². The largest absolute Gasteiger partial charge is 0.490 e. The molecular formula is C24H22Cl2F3N3O6S2. The number of nitrogens with one attached hydrogen (secondary N) is 1. The summed E-state index contributed by atoms with van der Waals surface area (Å²) in [6.07, 6.45) is -2.32. The van der Waals surface area contributed by atoms with E-state index in [2.05, 4.69) is 15.3 Å². The normalized spacial score (nSPS) is 19.3. The van der Waals surface area contributed by atoms with Crippen molar-refractivity contribution >= 4 is 67.3 Å². The van der Waals surface area contributed by atoms with Crippen LogP contribution in [-0.4, -0.2) is 52.0 Å². The number of hydrogen-bond acceptors (Lipinski definition) is 8. The number of rotatable bonds is 7. The molecule has 0 saturated heterocycles. The summed E-state index contributed by atoms with van der Waals surface area (Å²) in [5, 5.41) is 22.3. The summed E-state index contributed by atoms with van der Waals surface area (Å²) in [6, 6.07) is 9.90. The molecule has 0 bridgehead atoms. The van der Waals surface area contributed by atoms with Crippen LogP contribution in [0.4, 0.5) is 24.1 Å². The summed E-state index contributed by atoms with van der Waals surface area (Å²) < 4.78 is 58.1. The number of carbonyl (C=O) groups is 2. The van der Waals surface area contributed by atoms with Crippen molar-refractivity contribution in [2.75, 3.05) is 5.32 Å². The van der Waals surface area contributed by atoms with Gasteiger partial charge in [-0.1, -0.05) is 35.3 Å². The number of sulfone groups is 1. The quantitative estimate of drug-likeness (QED) is 0.273. The fourth-order valence-corrected chi connectivity index (χ4v) is 7.25. The maximum Gasteiger partial charge on any atom is 0.490 e. The van der Waals surface area contributed by atoms with E-state index < -0.39 is 38.6 Å². The maximum atomic E-state index is 13.2. The van der Waals surface area contributed by atoms with Gasteiger partial charge < -0.3 is 15.5 Å². The van der Waals surface area contributed by atoms with Crippen LogP contribution in [0.25, 0.3) is 0 Å². The Morgan fingerprint density at radius 2 is 1.73 bits per heavy atom. The molecule has 9 nitrogen and oxygen atoms in total. The molecule has 16 heteroatoms. The van der Waals surface area contributed by atoms with E-state index in [1.54, 1.807) is 24.4 Å². The van der Waals surface area contributed by atoms with Gasteiger partial charge in [-0.05, 0) is 49.9 Å². The molecule has 0 radical (unpaired) electrons. The molecule has 2 heterocycles. The third kappa shape index (κ3) is 7.62. The molecule has 40 heavy (non-hydrogen) atoms. The highest BCUT2D eigenvalue weighted by Gasteiger charge is 2.45. The minimum atomic E-state index is -5.08. The van der Waals surface area contributed by atoms with Gasteiger partial charge in [-0.3, -0.25) is 4.79 Å². The minimum Gasteiger partial charge on any atom is -0.481 e. The van der Waals surface area contributed by atoms with E-state index in [0.717, 1.165) is 0 Å². The van der Waals surface area contributed by atoms with Crippen LogP contribution in [-0.2, 0) is 25.8 Å². The molecule has 216 valence electrons. The van der Waals surface area contributed by atoms with Gasteiger partial charge >= 0.3 is 18.1 Å². The molecule has 1 aliphatic carbocycles. The molecule has 0 atom stereocenters. The number of benzene rings is 1. The first-order valence-corrected chi connectivity index (χ1v) is 14.7. The Kier molecular flexibility index (Phi) is 10.0. The van der Waals surface area contributed by atoms with Crippen LogP contribution in [0.2, 0.25) is 10.0 Å². The predicted molar refractivity (Wildman–Crippen MR) is 143 cm³/mol. The Labute approximate surface area is 240 Å². The lowest BCUT2D eigenvalue weighted by molar-refractivity contribution is -0.192. The van der Waals surface area contributed by atoms with Crippen molar-refractivity contribution in [3.8, 4) is 0 Å². The van der Waals surface area contributed by atoms with Gasteiger partial charge in [-0.25, -0.2) is 23.2 Å². The number of carboxylic acids is 2. The Bertz CT molecular complexity index is 1460. The Morgan fingerprint density at radius 3 is 2.27 bits per heavy atom. The number of aliphatic carboxylic acids is 2. The second kappa shape index (κ2) is 12.7. The molecule has 2 aromatic heterocycles. The first kappa shape index (κ1) is 31.6. The average Bonchev–Trinajstić information content (AvgIpc) is 3.39. The van der Waals surface area contributed by atoms with E-state index in [-0.39, 0.29) is 47.0 Å². The maximum absolute atomic E-state index is 13.2. The van der Waals surface area contributed by atoms with E-state index in [0.29, 0.717) is 16.6 Å². The number of pyridine rings is 1. The average molecular weight is 640 g/mol. The fourth-order valence-electron chi connectivity index (χ4n) is 4.19. The fraction of sp³-hybridized carbons (Fsp3) is 0.333. The molecule has 0 aliphatic heterocycles. The van der Waals surface area contributed by atoms with Crippen LogP contribution in [0.5, 0.6) is 0 Å². The second-order valence-corrected chi connectivity index (χ2v) is 12.7. The summed E-state index contributed by atoms with van der Waals surface area (Å²) >= 11 is 13.6. The highest BCUT2D eigenvalue weighted by atomic mass is 35.5. The van der Waals surface area contributed by atoms with Gasteiger partial charge in [0.25, 0.3) is 0 Å². The molecule has 1 aliphatic rings. The number of anilines is 2. The monoisotopic (exact) mass is 639 g/mol. The van der Waals surface area contributed by atoms with Crippen LogP contribution in [0.3, 0.4) is 0 Å². The number of thiazole rings is 1. The van der Waals surface area contributed by atoms with E-state index in [4.69, 9.17) is 33.1 Å². The SMILES string of the molecule is O=C(O)C(F)(F)F.O=C(O)C1(Cc2cccc(Nc3nccs3)n2)CCC(S(=O)(=O)c2cccc(Cl)c2Cl)CC1. The smallest absolute Gasteiger partial charge is 0.481 e. The molecule has 0 spiro atoms. The molecule has 0 unspecified atom stereocenters. The lowest BCUT2D eigenvalue weighted by Gasteiger charge is -2.36. The topological polar surface area (TPSA) is 147 Å². The lowest BCUT2D eigenvalue weighted by Crippen LogP contribution is -2.41. The zero-order valence-electron chi connectivity index (χ0n) is 20.4. The Morgan fingerprint density at radius 1 is 1.10 bits per heavy atom. The van der Waals surface area contributed by atoms with Crippen molar-refractivity contribution in [2.24, 2.45) is 5.41 Å². The summed E-state index contributed by atoms with van der Waals surface area (Å²) in [6.45, 7) is 0. The number of nitrogens with zero attached hydrogens (tertiary/aromatic N) is 2. The molecule has 1 saturated carbocycles. The summed E-state index contributed by atoms with van der Waals surface area (Å²) in [4.78, 5) is 29.9. The van der Waals surface area contributed by atoms with Gasteiger partial charge in [0.05, 0.1) is 25.6 Å². The first-order valence-electron chi connectivity index (χ1n) is 11.5. The lowest BCUT2D eigenvalue weighted by atomic mass is 9.71. The van der Waals surface area contributed by atoms with Crippen molar-refractivity contribution in [1.29, 1.82) is 0 Å². The highest BCUT2D eigenvalue weighted by molar-refractivity contribution is 7.92. The van der Waals surface area contributed by atoms with E-state index in [9.17, 15) is 31.5 Å². The van der Waals surface area contributed by atoms with E-state index in [1.807, 2.05) is 11.4 Å².